The topological polar surface area (TPSA) is 82.2 Å². The quantitative estimate of drug-likeness (QED) is 0.532. The van der Waals surface area contributed by atoms with Crippen LogP contribution in [0.3, 0.4) is 0 Å². The summed E-state index contributed by atoms with van der Waals surface area (Å²) in [5.74, 6) is -3.45. The molecule has 12 heteroatoms. The Kier molecular flexibility index (Phi) is 8.61. The number of alkyl halides is 2. The number of carbonyl (C=O) groups is 2. The van der Waals surface area contributed by atoms with Crippen molar-refractivity contribution in [2.24, 2.45) is 0 Å². The van der Waals surface area contributed by atoms with E-state index in [0.29, 0.717) is 11.4 Å². The van der Waals surface area contributed by atoms with Crippen LogP contribution < -0.4 is 25.4 Å². The van der Waals surface area contributed by atoms with Crippen LogP contribution in [-0.2, 0) is 9.53 Å². The minimum absolute atomic E-state index is 0. The maximum Gasteiger partial charge on any atom is 0.414 e. The molecule has 0 unspecified atom stereocenters. The third-order valence-electron chi connectivity index (χ3n) is 6.13. The lowest BCUT2D eigenvalue weighted by atomic mass is 10.2. The molecule has 37 heavy (non-hydrogen) atoms. The third kappa shape index (κ3) is 5.95. The average Bonchev–Trinajstić information content (AvgIpc) is 3.44. The molecule has 1 atom stereocenters. The van der Waals surface area contributed by atoms with Gasteiger partial charge >= 0.3 is 12.5 Å². The number of anilines is 4. The number of cyclic esters (lactones) is 1. The number of hydrogen-bond acceptors (Lipinski definition) is 6. The standard InChI is InChI=1S/C24H24F4N4O4.CH4.2H2/c1-30(14-4-6-19(20(33)7-5-14)31-8-2-3-9-31)21-17(25)10-15(11-18(21)26)32-13-16(36-24(32)35)12-29-23(34)22(27)28;;;/h4-7,10-11,16,22H,2-3,8-9,12-13H2,1H3,(H,29,34);1H4;2*1H/t16-;;;/m0.../s1. The second-order valence-corrected chi connectivity index (χ2v) is 8.51. The number of nitrogens with one attached hydrogen (secondary N) is 1. The van der Waals surface area contributed by atoms with E-state index in [-0.39, 0.29) is 34.5 Å². The lowest BCUT2D eigenvalue weighted by molar-refractivity contribution is -0.132. The molecule has 0 radical (unpaired) electrons. The molecule has 8 nitrogen and oxygen atoms in total. The Morgan fingerprint density at radius 3 is 2.38 bits per heavy atom. The highest BCUT2D eigenvalue weighted by molar-refractivity contribution is 5.90. The molecule has 1 N–H and O–H groups in total. The largest absolute Gasteiger partial charge is 0.442 e. The first-order valence-corrected chi connectivity index (χ1v) is 11.3. The molecule has 2 aliphatic rings. The summed E-state index contributed by atoms with van der Waals surface area (Å²) < 4.78 is 59.8. The van der Waals surface area contributed by atoms with Gasteiger partial charge in [0.1, 0.15) is 11.8 Å². The molecule has 0 spiro atoms. The minimum Gasteiger partial charge on any atom is -0.442 e. The second kappa shape index (κ2) is 11.5. The monoisotopic (exact) mass is 528 g/mol. The zero-order valence-electron chi connectivity index (χ0n) is 19.3. The van der Waals surface area contributed by atoms with Crippen molar-refractivity contribution in [2.75, 3.05) is 47.9 Å². The van der Waals surface area contributed by atoms with E-state index in [1.807, 2.05) is 10.2 Å². The molecule has 2 saturated heterocycles. The van der Waals surface area contributed by atoms with Crippen molar-refractivity contribution in [3.05, 3.63) is 58.3 Å². The summed E-state index contributed by atoms with van der Waals surface area (Å²) in [6.45, 7) is 0.973. The highest BCUT2D eigenvalue weighted by Crippen LogP contribution is 2.34. The average molecular weight is 529 g/mol. The molecule has 2 heterocycles. The first-order chi connectivity index (χ1) is 17.2. The van der Waals surface area contributed by atoms with Crippen molar-refractivity contribution in [3.63, 3.8) is 0 Å². The van der Waals surface area contributed by atoms with Crippen molar-refractivity contribution in [1.29, 1.82) is 0 Å². The number of nitrogens with zero attached hydrogens (tertiary/aromatic N) is 3. The van der Waals surface area contributed by atoms with E-state index in [4.69, 9.17) is 4.74 Å². The number of rotatable bonds is 7. The van der Waals surface area contributed by atoms with E-state index in [1.54, 1.807) is 12.1 Å². The van der Waals surface area contributed by atoms with Gasteiger partial charge in [-0.3, -0.25) is 14.5 Å². The molecule has 2 aromatic rings. The summed E-state index contributed by atoms with van der Waals surface area (Å²) in [6, 6.07) is 7.98. The Morgan fingerprint density at radius 2 is 1.76 bits per heavy atom. The normalized spacial score (nSPS) is 17.0. The highest BCUT2D eigenvalue weighted by atomic mass is 19.3. The lowest BCUT2D eigenvalue weighted by Crippen LogP contribution is -2.37. The van der Waals surface area contributed by atoms with Crippen LogP contribution in [0.15, 0.2) is 41.2 Å². The molecule has 2 fully saturated rings. The fraction of sp³-hybridized carbons (Fsp3) is 0.400. The number of carbonyl (C=O) groups excluding carboxylic acids is 2. The van der Waals surface area contributed by atoms with Gasteiger partial charge in [0.05, 0.1) is 24.5 Å². The molecular formula is C25H32F4N4O4. The lowest BCUT2D eigenvalue weighted by Gasteiger charge is -2.22. The molecule has 0 bridgehead atoms. The summed E-state index contributed by atoms with van der Waals surface area (Å²) >= 11 is 0. The molecule has 0 aliphatic carbocycles. The third-order valence-corrected chi connectivity index (χ3v) is 6.13. The molecular weight excluding hydrogens is 496 g/mol. The van der Waals surface area contributed by atoms with E-state index in [2.05, 4.69) is 0 Å². The first kappa shape index (κ1) is 27.8. The van der Waals surface area contributed by atoms with Crippen molar-refractivity contribution in [2.45, 2.75) is 32.8 Å². The number of benzene rings is 1. The summed E-state index contributed by atoms with van der Waals surface area (Å²) in [7, 11) is 1.45. The Balaban J connectivity index is 0.00000253. The number of amides is 2. The Labute approximate surface area is 214 Å². The number of hydrogen-bond donors (Lipinski definition) is 1. The summed E-state index contributed by atoms with van der Waals surface area (Å²) in [4.78, 5) is 39.9. The van der Waals surface area contributed by atoms with Crippen molar-refractivity contribution in [3.8, 4) is 0 Å². The van der Waals surface area contributed by atoms with Crippen LogP contribution in [0.4, 0.5) is 45.1 Å². The van der Waals surface area contributed by atoms with Gasteiger partial charge in [-0.15, -0.1) is 0 Å². The second-order valence-electron chi connectivity index (χ2n) is 8.51. The van der Waals surface area contributed by atoms with E-state index in [1.165, 1.54) is 24.1 Å². The Hall–Kier alpha value is -3.83. The van der Waals surface area contributed by atoms with Crippen LogP contribution in [0.25, 0.3) is 0 Å². The van der Waals surface area contributed by atoms with E-state index >= 15 is 8.78 Å². The van der Waals surface area contributed by atoms with Crippen molar-refractivity contribution in [1.82, 2.24) is 5.32 Å². The minimum atomic E-state index is -3.22. The van der Waals surface area contributed by atoms with Gasteiger partial charge in [0.15, 0.2) is 11.6 Å². The van der Waals surface area contributed by atoms with Gasteiger partial charge in [-0.2, -0.15) is 8.78 Å². The van der Waals surface area contributed by atoms with Crippen LogP contribution in [0.5, 0.6) is 0 Å². The van der Waals surface area contributed by atoms with Crippen LogP contribution in [0, 0.1) is 11.6 Å². The van der Waals surface area contributed by atoms with Crippen molar-refractivity contribution >= 4 is 34.7 Å². The molecule has 2 amide bonds. The maximum absolute atomic E-state index is 15.1. The van der Waals surface area contributed by atoms with Crippen LogP contribution in [-0.4, -0.2) is 57.8 Å². The van der Waals surface area contributed by atoms with Gasteiger partial charge in [-0.1, -0.05) is 7.43 Å². The summed E-state index contributed by atoms with van der Waals surface area (Å²) in [5.41, 5.74) is 0.175. The van der Waals surface area contributed by atoms with E-state index in [0.717, 1.165) is 43.0 Å². The Morgan fingerprint density at radius 1 is 1.14 bits per heavy atom. The summed E-state index contributed by atoms with van der Waals surface area (Å²) in [6.07, 6.45) is -3.14. The molecule has 0 saturated carbocycles. The smallest absolute Gasteiger partial charge is 0.414 e. The predicted octanol–water partition coefficient (Wildman–Crippen LogP) is 4.53. The fourth-order valence-electron chi connectivity index (χ4n) is 4.28. The number of ether oxygens (including phenoxy) is 1. The molecule has 204 valence electrons. The van der Waals surface area contributed by atoms with Gasteiger partial charge in [-0.25, -0.2) is 13.6 Å². The maximum atomic E-state index is 15.1. The van der Waals surface area contributed by atoms with Gasteiger partial charge in [-0.05, 0) is 37.1 Å². The zero-order chi connectivity index (χ0) is 26.0. The van der Waals surface area contributed by atoms with Crippen LogP contribution in [0.2, 0.25) is 0 Å². The predicted molar refractivity (Wildman–Crippen MR) is 136 cm³/mol. The summed E-state index contributed by atoms with van der Waals surface area (Å²) in [5, 5.41) is 1.94. The van der Waals surface area contributed by atoms with Crippen molar-refractivity contribution < 1.29 is 34.7 Å². The molecule has 2 aliphatic heterocycles. The van der Waals surface area contributed by atoms with Crippen LogP contribution in [0.1, 0.15) is 23.1 Å². The van der Waals surface area contributed by atoms with Crippen LogP contribution >= 0.6 is 0 Å². The van der Waals surface area contributed by atoms with Gasteiger partial charge in [0, 0.05) is 40.8 Å². The van der Waals surface area contributed by atoms with Gasteiger partial charge in [0.25, 0.3) is 5.91 Å². The number of halogens is 4. The van der Waals surface area contributed by atoms with E-state index < -0.39 is 41.9 Å². The zero-order valence-corrected chi connectivity index (χ0v) is 19.3. The van der Waals surface area contributed by atoms with Gasteiger partial charge in [0.2, 0.25) is 5.43 Å². The van der Waals surface area contributed by atoms with E-state index in [9.17, 15) is 23.2 Å². The van der Waals surface area contributed by atoms with Gasteiger partial charge < -0.3 is 19.9 Å². The molecule has 4 rings (SSSR count). The SMILES string of the molecule is C.CN(c1ccc(N2CCCC2)c(=O)cc1)c1c(F)cc(N2C[C@H](CNC(=O)C(F)F)OC2=O)cc1F.[HH].[HH]. The first-order valence-electron chi connectivity index (χ1n) is 11.3. The fourth-order valence-corrected chi connectivity index (χ4v) is 4.28. The molecule has 2 aromatic carbocycles. The Bertz CT molecular complexity index is 1210. The highest BCUT2D eigenvalue weighted by Gasteiger charge is 2.34. The molecule has 0 aromatic heterocycles.